The molecule has 2 aromatic rings. The van der Waals surface area contributed by atoms with E-state index in [1.54, 1.807) is 0 Å². The standard InChI is InChI=1S/C15H19N5/c1-10-13(17-9-11-5-3-2-4-6-11)18-15(12-7-8-12)19-14(10)20-16/h2-6,12H,7-9,16H2,1H3,(H2,17,18,19,20). The summed E-state index contributed by atoms with van der Waals surface area (Å²) in [5.74, 6) is 8.50. The summed E-state index contributed by atoms with van der Waals surface area (Å²) in [5.41, 5.74) is 4.84. The van der Waals surface area contributed by atoms with Crippen LogP contribution in [-0.4, -0.2) is 9.97 Å². The molecule has 0 aliphatic heterocycles. The summed E-state index contributed by atoms with van der Waals surface area (Å²) < 4.78 is 0. The fourth-order valence-corrected chi connectivity index (χ4v) is 2.15. The smallest absolute Gasteiger partial charge is 0.148 e. The summed E-state index contributed by atoms with van der Waals surface area (Å²) >= 11 is 0. The van der Waals surface area contributed by atoms with Crippen molar-refractivity contribution in [2.24, 2.45) is 5.84 Å². The molecule has 5 heteroatoms. The van der Waals surface area contributed by atoms with Crippen molar-refractivity contribution in [3.63, 3.8) is 0 Å². The summed E-state index contributed by atoms with van der Waals surface area (Å²) in [5, 5.41) is 3.38. The molecule has 0 amide bonds. The van der Waals surface area contributed by atoms with Crippen LogP contribution in [0.4, 0.5) is 11.6 Å². The zero-order valence-corrected chi connectivity index (χ0v) is 11.6. The molecular formula is C15H19N5. The monoisotopic (exact) mass is 269 g/mol. The van der Waals surface area contributed by atoms with E-state index in [9.17, 15) is 0 Å². The third-order valence-corrected chi connectivity index (χ3v) is 3.55. The van der Waals surface area contributed by atoms with E-state index < -0.39 is 0 Å². The highest BCUT2D eigenvalue weighted by atomic mass is 15.3. The van der Waals surface area contributed by atoms with Gasteiger partial charge in [0.15, 0.2) is 0 Å². The molecule has 104 valence electrons. The second kappa shape index (κ2) is 5.46. The van der Waals surface area contributed by atoms with Gasteiger partial charge in [0, 0.05) is 18.0 Å². The first kappa shape index (κ1) is 12.9. The van der Waals surface area contributed by atoms with Crippen molar-refractivity contribution in [3.05, 3.63) is 47.3 Å². The molecule has 5 nitrogen and oxygen atoms in total. The number of hydrogen-bond donors (Lipinski definition) is 3. The number of hydrogen-bond acceptors (Lipinski definition) is 5. The van der Waals surface area contributed by atoms with Gasteiger partial charge in [0.2, 0.25) is 0 Å². The molecule has 1 heterocycles. The maximum atomic E-state index is 5.55. The van der Waals surface area contributed by atoms with Crippen molar-refractivity contribution in [1.29, 1.82) is 0 Å². The van der Waals surface area contributed by atoms with Crippen LogP contribution in [0.1, 0.15) is 35.7 Å². The summed E-state index contributed by atoms with van der Waals surface area (Å²) in [6.07, 6.45) is 2.34. The van der Waals surface area contributed by atoms with Crippen LogP contribution in [0.25, 0.3) is 0 Å². The van der Waals surface area contributed by atoms with Gasteiger partial charge in [-0.15, -0.1) is 0 Å². The molecule has 0 saturated heterocycles. The van der Waals surface area contributed by atoms with Crippen LogP contribution in [0, 0.1) is 6.92 Å². The van der Waals surface area contributed by atoms with E-state index in [-0.39, 0.29) is 0 Å². The van der Waals surface area contributed by atoms with E-state index in [1.807, 2.05) is 25.1 Å². The molecule has 20 heavy (non-hydrogen) atoms. The average Bonchev–Trinajstić information content (AvgIpc) is 3.32. The molecule has 0 unspecified atom stereocenters. The third kappa shape index (κ3) is 2.72. The molecular weight excluding hydrogens is 250 g/mol. The maximum Gasteiger partial charge on any atom is 0.148 e. The van der Waals surface area contributed by atoms with E-state index >= 15 is 0 Å². The van der Waals surface area contributed by atoms with Crippen molar-refractivity contribution in [1.82, 2.24) is 9.97 Å². The Bertz CT molecular complexity index is 593. The lowest BCUT2D eigenvalue weighted by Gasteiger charge is -2.13. The number of hydrazine groups is 1. The van der Waals surface area contributed by atoms with Gasteiger partial charge in [-0.1, -0.05) is 30.3 Å². The third-order valence-electron chi connectivity index (χ3n) is 3.55. The number of anilines is 2. The zero-order valence-electron chi connectivity index (χ0n) is 11.6. The Labute approximate surface area is 118 Å². The molecule has 0 radical (unpaired) electrons. The summed E-state index contributed by atoms with van der Waals surface area (Å²) in [4.78, 5) is 9.12. The van der Waals surface area contributed by atoms with Crippen LogP contribution < -0.4 is 16.6 Å². The first-order valence-electron chi connectivity index (χ1n) is 6.91. The van der Waals surface area contributed by atoms with Crippen LogP contribution in [0.15, 0.2) is 30.3 Å². The molecule has 1 saturated carbocycles. The largest absolute Gasteiger partial charge is 0.366 e. The van der Waals surface area contributed by atoms with Crippen LogP contribution >= 0.6 is 0 Å². The van der Waals surface area contributed by atoms with E-state index in [0.717, 1.165) is 23.8 Å². The minimum atomic E-state index is 0.500. The fourth-order valence-electron chi connectivity index (χ4n) is 2.15. The highest BCUT2D eigenvalue weighted by Crippen LogP contribution is 2.39. The maximum absolute atomic E-state index is 5.55. The normalized spacial score (nSPS) is 14.1. The fraction of sp³-hybridized carbons (Fsp3) is 0.333. The molecule has 1 aliphatic carbocycles. The van der Waals surface area contributed by atoms with Gasteiger partial charge in [0.05, 0.1) is 0 Å². The molecule has 0 atom stereocenters. The molecule has 1 aliphatic rings. The van der Waals surface area contributed by atoms with Crippen molar-refractivity contribution < 1.29 is 0 Å². The molecule has 0 bridgehead atoms. The Balaban J connectivity index is 1.82. The van der Waals surface area contributed by atoms with Gasteiger partial charge in [-0.25, -0.2) is 15.8 Å². The lowest BCUT2D eigenvalue weighted by molar-refractivity contribution is 0.910. The second-order valence-corrected chi connectivity index (χ2v) is 5.16. The molecule has 3 rings (SSSR count). The topological polar surface area (TPSA) is 75.9 Å². The van der Waals surface area contributed by atoms with Gasteiger partial charge >= 0.3 is 0 Å². The Hall–Kier alpha value is -2.14. The number of nitrogens with zero attached hydrogens (tertiary/aromatic N) is 2. The highest BCUT2D eigenvalue weighted by molar-refractivity contribution is 5.57. The number of nitrogens with one attached hydrogen (secondary N) is 2. The SMILES string of the molecule is Cc1c(NN)nc(C2CC2)nc1NCc1ccccc1. The number of nitrogens with two attached hydrogens (primary N) is 1. The number of nitrogen functional groups attached to an aromatic ring is 1. The summed E-state index contributed by atoms with van der Waals surface area (Å²) in [6, 6.07) is 10.3. The van der Waals surface area contributed by atoms with Gasteiger partial charge in [-0.05, 0) is 25.3 Å². The van der Waals surface area contributed by atoms with E-state index in [1.165, 1.54) is 18.4 Å². The molecule has 4 N–H and O–H groups in total. The molecule has 0 spiro atoms. The van der Waals surface area contributed by atoms with Gasteiger partial charge in [-0.2, -0.15) is 0 Å². The summed E-state index contributed by atoms with van der Waals surface area (Å²) in [7, 11) is 0. The minimum Gasteiger partial charge on any atom is -0.366 e. The molecule has 1 aromatic heterocycles. The van der Waals surface area contributed by atoms with E-state index in [0.29, 0.717) is 11.7 Å². The lowest BCUT2D eigenvalue weighted by atomic mass is 10.2. The van der Waals surface area contributed by atoms with Crippen LogP contribution in [0.3, 0.4) is 0 Å². The summed E-state index contributed by atoms with van der Waals surface area (Å²) in [6.45, 7) is 2.71. The number of rotatable bonds is 5. The predicted octanol–water partition coefficient (Wildman–Crippen LogP) is 2.56. The second-order valence-electron chi connectivity index (χ2n) is 5.16. The molecule has 1 fully saturated rings. The van der Waals surface area contributed by atoms with Crippen LogP contribution in [-0.2, 0) is 6.54 Å². The van der Waals surface area contributed by atoms with Crippen molar-refractivity contribution in [3.8, 4) is 0 Å². The Morgan fingerprint density at radius 2 is 1.85 bits per heavy atom. The van der Waals surface area contributed by atoms with Crippen molar-refractivity contribution in [2.45, 2.75) is 32.2 Å². The van der Waals surface area contributed by atoms with Gasteiger partial charge in [0.25, 0.3) is 0 Å². The van der Waals surface area contributed by atoms with Gasteiger partial charge in [-0.3, -0.25) is 0 Å². The molecule has 1 aromatic carbocycles. The first-order chi connectivity index (χ1) is 9.78. The van der Waals surface area contributed by atoms with Crippen molar-refractivity contribution in [2.75, 3.05) is 10.7 Å². The average molecular weight is 269 g/mol. The quantitative estimate of drug-likeness (QED) is 0.574. The van der Waals surface area contributed by atoms with E-state index in [2.05, 4.69) is 32.8 Å². The predicted molar refractivity (Wildman–Crippen MR) is 80.3 cm³/mol. The zero-order chi connectivity index (χ0) is 13.9. The minimum absolute atomic E-state index is 0.500. The first-order valence-corrected chi connectivity index (χ1v) is 6.91. The van der Waals surface area contributed by atoms with Gasteiger partial charge < -0.3 is 10.7 Å². The Morgan fingerprint density at radius 1 is 1.15 bits per heavy atom. The van der Waals surface area contributed by atoms with Gasteiger partial charge in [0.1, 0.15) is 17.5 Å². The Kier molecular flexibility index (Phi) is 3.52. The lowest BCUT2D eigenvalue weighted by Crippen LogP contribution is -2.14. The number of benzene rings is 1. The number of aromatic nitrogens is 2. The van der Waals surface area contributed by atoms with Crippen LogP contribution in [0.5, 0.6) is 0 Å². The van der Waals surface area contributed by atoms with E-state index in [4.69, 9.17) is 5.84 Å². The van der Waals surface area contributed by atoms with Crippen LogP contribution in [0.2, 0.25) is 0 Å². The highest BCUT2D eigenvalue weighted by Gasteiger charge is 2.28. The van der Waals surface area contributed by atoms with Crippen molar-refractivity contribution >= 4 is 11.6 Å². The Morgan fingerprint density at radius 3 is 2.50 bits per heavy atom.